The van der Waals surface area contributed by atoms with Crippen LogP contribution in [-0.4, -0.2) is 11.6 Å². The minimum atomic E-state index is -0.191. The number of ketones is 2. The molecule has 2 atom stereocenters. The Morgan fingerprint density at radius 2 is 1.42 bits per heavy atom. The van der Waals surface area contributed by atoms with Crippen LogP contribution in [0, 0.1) is 11.8 Å². The molecule has 0 aromatic rings. The highest BCUT2D eigenvalue weighted by molar-refractivity contribution is 6.07. The van der Waals surface area contributed by atoms with Gasteiger partial charge in [0.15, 0.2) is 11.6 Å². The lowest BCUT2D eigenvalue weighted by Crippen LogP contribution is -2.29. The van der Waals surface area contributed by atoms with E-state index in [1.165, 1.54) is 28.9 Å². The van der Waals surface area contributed by atoms with E-state index >= 15 is 0 Å². The lowest BCUT2D eigenvalue weighted by molar-refractivity contribution is -0.128. The molecule has 2 unspecified atom stereocenters. The van der Waals surface area contributed by atoms with Gasteiger partial charge in [-0.2, -0.15) is 0 Å². The molecule has 0 N–H and O–H groups in total. The van der Waals surface area contributed by atoms with Crippen molar-refractivity contribution in [1.82, 2.24) is 0 Å². The average molecular weight is 328 g/mol. The van der Waals surface area contributed by atoms with Crippen molar-refractivity contribution in [3.8, 4) is 0 Å². The fourth-order valence-electron chi connectivity index (χ4n) is 2.87. The third kappa shape index (κ3) is 7.25. The molecule has 0 radical (unpaired) electrons. The molecule has 132 valence electrons. The first-order chi connectivity index (χ1) is 11.3. The van der Waals surface area contributed by atoms with Crippen molar-refractivity contribution >= 4 is 11.6 Å². The predicted octanol–water partition coefficient (Wildman–Crippen LogP) is 5.76. The molecule has 0 heterocycles. The van der Waals surface area contributed by atoms with Crippen molar-refractivity contribution in [2.75, 3.05) is 0 Å². The molecule has 0 aromatic heterocycles. The summed E-state index contributed by atoms with van der Waals surface area (Å²) >= 11 is 0. The average Bonchev–Trinajstić information content (AvgIpc) is 2.50. The predicted molar refractivity (Wildman–Crippen MR) is 102 cm³/mol. The van der Waals surface area contributed by atoms with E-state index in [1.807, 2.05) is 6.92 Å². The summed E-state index contributed by atoms with van der Waals surface area (Å²) in [5.74, 6) is -0.218. The minimum Gasteiger partial charge on any atom is -0.295 e. The highest BCUT2D eigenvalue weighted by Crippen LogP contribution is 2.24. The maximum atomic E-state index is 11.9. The molecule has 1 aliphatic rings. The number of rotatable bonds is 8. The second-order valence-electron chi connectivity index (χ2n) is 7.23. The minimum absolute atomic E-state index is 0.0700. The lowest BCUT2D eigenvalue weighted by Gasteiger charge is -2.21. The summed E-state index contributed by atoms with van der Waals surface area (Å²) in [4.78, 5) is 23.6. The Morgan fingerprint density at radius 1 is 0.875 bits per heavy atom. The Kier molecular flexibility index (Phi) is 8.67. The zero-order valence-corrected chi connectivity index (χ0v) is 15.9. The summed E-state index contributed by atoms with van der Waals surface area (Å²) in [5.41, 5.74) is 4.11. The second kappa shape index (κ2) is 10.2. The van der Waals surface area contributed by atoms with Gasteiger partial charge in [-0.3, -0.25) is 9.59 Å². The Morgan fingerprint density at radius 3 is 2.04 bits per heavy atom. The number of allylic oxidation sites excluding steroid dienone is 8. The van der Waals surface area contributed by atoms with Crippen LogP contribution in [0.3, 0.4) is 0 Å². The van der Waals surface area contributed by atoms with Gasteiger partial charge in [0.05, 0.1) is 0 Å². The van der Waals surface area contributed by atoms with E-state index in [9.17, 15) is 9.59 Å². The van der Waals surface area contributed by atoms with E-state index in [0.717, 1.165) is 25.7 Å². The van der Waals surface area contributed by atoms with Gasteiger partial charge in [-0.15, -0.1) is 0 Å². The molecule has 0 amide bonds. The Balaban J connectivity index is 2.42. The summed E-state index contributed by atoms with van der Waals surface area (Å²) in [6.07, 6.45) is 14.5. The molecular formula is C22H32O2. The van der Waals surface area contributed by atoms with Gasteiger partial charge < -0.3 is 0 Å². The van der Waals surface area contributed by atoms with Crippen molar-refractivity contribution in [3.63, 3.8) is 0 Å². The molecule has 0 saturated carbocycles. The Labute approximate surface area is 147 Å². The molecular weight excluding hydrogens is 296 g/mol. The summed E-state index contributed by atoms with van der Waals surface area (Å²) in [7, 11) is 0. The smallest absolute Gasteiger partial charge is 0.159 e. The zero-order chi connectivity index (χ0) is 18.1. The third-order valence-electron chi connectivity index (χ3n) is 4.67. The van der Waals surface area contributed by atoms with E-state index in [0.29, 0.717) is 6.42 Å². The van der Waals surface area contributed by atoms with Gasteiger partial charge in [0.1, 0.15) is 0 Å². The van der Waals surface area contributed by atoms with Crippen LogP contribution < -0.4 is 0 Å². The van der Waals surface area contributed by atoms with Crippen molar-refractivity contribution in [3.05, 3.63) is 47.1 Å². The number of carbonyl (C=O) groups excluding carboxylic acids is 2. The van der Waals surface area contributed by atoms with Crippen molar-refractivity contribution in [2.24, 2.45) is 11.8 Å². The summed E-state index contributed by atoms with van der Waals surface area (Å²) in [6.45, 7) is 10.4. The molecule has 2 heteroatoms. The number of hydrogen-bond acceptors (Lipinski definition) is 2. The molecule has 0 bridgehead atoms. The summed E-state index contributed by atoms with van der Waals surface area (Å²) in [6, 6.07) is 0. The van der Waals surface area contributed by atoms with Crippen LogP contribution in [0.25, 0.3) is 0 Å². The molecule has 2 nitrogen and oxygen atoms in total. The standard InChI is InChI=1S/C22H32O2/c1-16(2)8-6-9-17(3)10-7-11-18(4)12-13-20-19(5)21(23)14-15-22(20)24/h8,10,12,14-15,19-20H,6-7,9,11,13H2,1-5H3/b17-10+,18-12+. The number of hydrogen-bond donors (Lipinski definition) is 0. The van der Waals surface area contributed by atoms with Crippen LogP contribution in [-0.2, 0) is 9.59 Å². The highest BCUT2D eigenvalue weighted by atomic mass is 16.1. The van der Waals surface area contributed by atoms with Gasteiger partial charge in [-0.25, -0.2) is 0 Å². The van der Waals surface area contributed by atoms with Crippen LogP contribution in [0.15, 0.2) is 47.1 Å². The number of carbonyl (C=O) groups is 2. The van der Waals surface area contributed by atoms with E-state index in [-0.39, 0.29) is 23.4 Å². The van der Waals surface area contributed by atoms with Crippen LogP contribution in [0.5, 0.6) is 0 Å². The van der Waals surface area contributed by atoms with E-state index in [1.54, 1.807) is 0 Å². The van der Waals surface area contributed by atoms with Crippen molar-refractivity contribution in [1.29, 1.82) is 0 Å². The Bertz CT molecular complexity index is 569. The zero-order valence-electron chi connectivity index (χ0n) is 15.9. The quantitative estimate of drug-likeness (QED) is 0.531. The van der Waals surface area contributed by atoms with Gasteiger partial charge in [-0.1, -0.05) is 41.9 Å². The fraction of sp³-hybridized carbons (Fsp3) is 0.545. The molecule has 0 fully saturated rings. The molecule has 0 aromatic carbocycles. The molecule has 1 aliphatic carbocycles. The van der Waals surface area contributed by atoms with Gasteiger partial charge in [-0.05, 0) is 72.0 Å². The Hall–Kier alpha value is -1.70. The first-order valence-corrected chi connectivity index (χ1v) is 9.01. The largest absolute Gasteiger partial charge is 0.295 e. The SMILES string of the molecule is CC(C)=CCC/C(C)=C/CC/C(C)=C/CC1C(=O)C=CC(=O)C1C. The summed E-state index contributed by atoms with van der Waals surface area (Å²) in [5, 5.41) is 0. The van der Waals surface area contributed by atoms with Gasteiger partial charge in [0.25, 0.3) is 0 Å². The van der Waals surface area contributed by atoms with Crippen molar-refractivity contribution in [2.45, 2.75) is 66.7 Å². The molecule has 0 aliphatic heterocycles. The maximum Gasteiger partial charge on any atom is 0.159 e. The van der Waals surface area contributed by atoms with Gasteiger partial charge in [0.2, 0.25) is 0 Å². The van der Waals surface area contributed by atoms with Crippen LogP contribution in [0.4, 0.5) is 0 Å². The van der Waals surface area contributed by atoms with E-state index in [2.05, 4.69) is 45.9 Å². The van der Waals surface area contributed by atoms with Gasteiger partial charge in [0, 0.05) is 11.8 Å². The molecule has 24 heavy (non-hydrogen) atoms. The fourth-order valence-corrected chi connectivity index (χ4v) is 2.87. The van der Waals surface area contributed by atoms with Crippen LogP contribution >= 0.6 is 0 Å². The first-order valence-electron chi connectivity index (χ1n) is 9.01. The molecule has 0 spiro atoms. The van der Waals surface area contributed by atoms with Crippen LogP contribution in [0.2, 0.25) is 0 Å². The summed E-state index contributed by atoms with van der Waals surface area (Å²) < 4.78 is 0. The highest BCUT2D eigenvalue weighted by Gasteiger charge is 2.29. The maximum absolute atomic E-state index is 11.9. The van der Waals surface area contributed by atoms with E-state index < -0.39 is 0 Å². The first kappa shape index (κ1) is 20.3. The third-order valence-corrected chi connectivity index (χ3v) is 4.67. The molecule has 0 saturated heterocycles. The van der Waals surface area contributed by atoms with Crippen molar-refractivity contribution < 1.29 is 9.59 Å². The monoisotopic (exact) mass is 328 g/mol. The molecule has 1 rings (SSSR count). The normalized spacial score (nSPS) is 22.0. The van der Waals surface area contributed by atoms with Crippen LogP contribution in [0.1, 0.15) is 66.7 Å². The van der Waals surface area contributed by atoms with Gasteiger partial charge >= 0.3 is 0 Å². The second-order valence-corrected chi connectivity index (χ2v) is 7.23. The van der Waals surface area contributed by atoms with E-state index in [4.69, 9.17) is 0 Å². The lowest BCUT2D eigenvalue weighted by atomic mass is 9.80. The topological polar surface area (TPSA) is 34.1 Å².